The second-order valence-corrected chi connectivity index (χ2v) is 33.8. The molecule has 2 aliphatic rings. The zero-order chi connectivity index (χ0) is 80.9. The molecule has 0 radical (unpaired) electrons. The summed E-state index contributed by atoms with van der Waals surface area (Å²) >= 11 is 0. The first-order valence-corrected chi connectivity index (χ1v) is 43.0. The number of nitrogens with zero attached hydrogens (tertiary/aromatic N) is 4. The van der Waals surface area contributed by atoms with E-state index in [4.69, 9.17) is 0 Å². The van der Waals surface area contributed by atoms with Gasteiger partial charge in [-0.3, -0.25) is 0 Å². The lowest BCUT2D eigenvalue weighted by Gasteiger charge is -2.12. The van der Waals surface area contributed by atoms with Crippen molar-refractivity contribution in [2.24, 2.45) is 0 Å². The number of aromatic nitrogens is 4. The molecule has 0 atom stereocenters. The Labute approximate surface area is 713 Å². The van der Waals surface area contributed by atoms with Gasteiger partial charge in [-0.1, -0.05) is 279 Å². The minimum absolute atomic E-state index is 1.16. The average Bonchev–Trinajstić information content (AvgIpc) is 1.56. The lowest BCUT2D eigenvalue weighted by atomic mass is 9.95. The van der Waals surface area contributed by atoms with Crippen LogP contribution in [0, 0.1) is 0 Å². The van der Waals surface area contributed by atoms with Crippen molar-refractivity contribution in [1.82, 2.24) is 18.3 Å². The highest BCUT2D eigenvalue weighted by atomic mass is 15.0. The molecule has 0 spiro atoms. The van der Waals surface area contributed by atoms with Crippen molar-refractivity contribution in [3.8, 4) is 112 Å². The smallest absolute Gasteiger partial charge is 0.0541 e. The number of hydrogen-bond donors (Lipinski definition) is 0. The van der Waals surface area contributed by atoms with Crippen molar-refractivity contribution in [1.29, 1.82) is 0 Å². The Morgan fingerprint density at radius 3 is 0.831 bits per heavy atom. The zero-order valence-corrected chi connectivity index (χ0v) is 67.4. The van der Waals surface area contributed by atoms with Crippen LogP contribution in [-0.4, -0.2) is 18.3 Å². The predicted octanol–water partition coefficient (Wildman–Crippen LogP) is 32.6. The summed E-state index contributed by atoms with van der Waals surface area (Å²) in [5.74, 6) is 0. The Kier molecular flexibility index (Phi) is 14.7. The van der Waals surface area contributed by atoms with E-state index in [1.54, 1.807) is 0 Å². The van der Waals surface area contributed by atoms with Crippen molar-refractivity contribution >= 4 is 152 Å². The summed E-state index contributed by atoms with van der Waals surface area (Å²) in [5.41, 5.74) is 34.7. The molecule has 4 heterocycles. The van der Waals surface area contributed by atoms with E-state index in [0.29, 0.717) is 0 Å². The minimum Gasteiger partial charge on any atom is -0.309 e. The first kappa shape index (κ1) is 68.5. The summed E-state index contributed by atoms with van der Waals surface area (Å²) < 4.78 is 9.63. The van der Waals surface area contributed by atoms with Gasteiger partial charge in [0.1, 0.15) is 0 Å². The molecule has 0 saturated heterocycles. The third kappa shape index (κ3) is 10.3. The molecule has 0 N–H and O–H groups in total. The fourth-order valence-corrected chi connectivity index (χ4v) is 21.5. The van der Waals surface area contributed by atoms with Crippen molar-refractivity contribution in [3.63, 3.8) is 0 Å². The molecule has 4 nitrogen and oxygen atoms in total. The van der Waals surface area contributed by atoms with Crippen molar-refractivity contribution in [3.05, 3.63) is 437 Å². The van der Waals surface area contributed by atoms with Crippen LogP contribution in [0.3, 0.4) is 0 Å². The van der Waals surface area contributed by atoms with Crippen LogP contribution in [0.25, 0.3) is 264 Å². The lowest BCUT2D eigenvalue weighted by molar-refractivity contribution is 1.18. The third-order valence-electron chi connectivity index (χ3n) is 27.2. The van der Waals surface area contributed by atoms with Gasteiger partial charge in [-0.25, -0.2) is 0 Å². The molecular weight excluding hydrogens is 1500 g/mol. The zero-order valence-electron chi connectivity index (χ0n) is 67.4. The fourth-order valence-electron chi connectivity index (χ4n) is 21.5. The van der Waals surface area contributed by atoms with E-state index in [-0.39, 0.29) is 0 Å². The van der Waals surface area contributed by atoms with E-state index in [1.807, 2.05) is 0 Å². The fraction of sp³-hybridized carbons (Fsp3) is 0. The van der Waals surface area contributed by atoms with E-state index in [9.17, 15) is 0 Å². The second kappa shape index (κ2) is 26.5. The van der Waals surface area contributed by atoms with Crippen molar-refractivity contribution in [2.45, 2.75) is 0 Å². The highest BCUT2D eigenvalue weighted by molar-refractivity contribution is 6.26. The van der Waals surface area contributed by atoms with Gasteiger partial charge < -0.3 is 18.3 Å². The Balaban J connectivity index is 0.000000130. The van der Waals surface area contributed by atoms with Crippen LogP contribution in [0.2, 0.25) is 0 Å². The molecule has 572 valence electrons. The maximum absolute atomic E-state index is 2.44. The van der Waals surface area contributed by atoms with Crippen molar-refractivity contribution in [2.75, 3.05) is 0 Å². The summed E-state index contributed by atoms with van der Waals surface area (Å²) in [5, 5.41) is 25.6. The normalized spacial score (nSPS) is 12.2. The van der Waals surface area contributed by atoms with Gasteiger partial charge in [0.25, 0.3) is 0 Å². The molecule has 2 aliphatic carbocycles. The first-order chi connectivity index (χ1) is 61.5. The van der Waals surface area contributed by atoms with Crippen LogP contribution in [0.4, 0.5) is 0 Å². The summed E-state index contributed by atoms with van der Waals surface area (Å²) in [4.78, 5) is 0. The highest BCUT2D eigenvalue weighted by Crippen LogP contribution is 2.54. The molecule has 124 heavy (non-hydrogen) atoms. The maximum Gasteiger partial charge on any atom is 0.0541 e. The van der Waals surface area contributed by atoms with Gasteiger partial charge in [-0.05, 0) is 311 Å². The van der Waals surface area contributed by atoms with Crippen LogP contribution in [0.1, 0.15) is 0 Å². The Hall–Kier alpha value is -16.4. The molecule has 0 unspecified atom stereocenters. The molecule has 4 heteroatoms. The average molecular weight is 1570 g/mol. The van der Waals surface area contributed by atoms with Crippen LogP contribution in [0.15, 0.2) is 437 Å². The topological polar surface area (TPSA) is 19.7 Å². The minimum atomic E-state index is 1.16. The number of hydrogen-bond acceptors (Lipinski definition) is 0. The molecule has 28 rings (SSSR count). The van der Waals surface area contributed by atoms with Gasteiger partial charge in [-0.2, -0.15) is 0 Å². The van der Waals surface area contributed by atoms with E-state index in [2.05, 4.69) is 455 Å². The summed E-state index contributed by atoms with van der Waals surface area (Å²) in [6.45, 7) is 0. The van der Waals surface area contributed by atoms with Gasteiger partial charge in [0.05, 0.1) is 44.1 Å². The van der Waals surface area contributed by atoms with Crippen LogP contribution < -0.4 is 0 Å². The molecular formula is C120H72N4. The first-order valence-electron chi connectivity index (χ1n) is 43.0. The van der Waals surface area contributed by atoms with Gasteiger partial charge in [0.2, 0.25) is 0 Å². The van der Waals surface area contributed by atoms with Gasteiger partial charge >= 0.3 is 0 Å². The summed E-state index contributed by atoms with van der Waals surface area (Å²) in [6, 6.07) is 162. The largest absolute Gasteiger partial charge is 0.309 e. The maximum atomic E-state index is 2.44. The SMILES string of the molecule is c1ccc(-n2c3ccccc3c3cc(-c4ccc5c(c4)c4ccccc4n5-c4ccc5cc(-c6ccc7c(c6)-c6cc8ccccc8c8cccc-7c68)ccc5c4)ccc32)cc1.c1ccc(-n2c3ccccc3c3cc(-c4ccc5c(c4)c4ccccc4n5-c4ccc5ccc(-c6ccc7c(c6)-c6cc8ccccc8c8cccc-7c68)cc5c4)ccc32)cc1. The molecule has 0 amide bonds. The van der Waals surface area contributed by atoms with Crippen LogP contribution in [-0.2, 0) is 0 Å². The van der Waals surface area contributed by atoms with Crippen LogP contribution in [0.5, 0.6) is 0 Å². The quantitative estimate of drug-likeness (QED) is 0.135. The van der Waals surface area contributed by atoms with E-state index >= 15 is 0 Å². The van der Waals surface area contributed by atoms with Gasteiger partial charge in [-0.15, -0.1) is 0 Å². The molecule has 4 aromatic heterocycles. The van der Waals surface area contributed by atoms with Gasteiger partial charge in [0.15, 0.2) is 0 Å². The molecule has 0 bridgehead atoms. The molecule has 26 aromatic rings. The van der Waals surface area contributed by atoms with E-state index in [0.717, 1.165) is 11.4 Å². The number of para-hydroxylation sites is 6. The standard InChI is InChI=1S/2C60H36N2/c1-2-12-44(13-3-1)61-56-19-8-6-15-48(56)53-34-41(25-29-58(53)61)42-26-30-59-54(35-42)49-16-7-9-20-57(49)62(59)45-27-23-38-31-37(21-22-39(38)32-45)40-24-28-47-51-18-10-17-50-46-14-5-4-11-43(46)36-55(60(50)51)52(47)33-40;1-2-12-44(13-3-1)61-56-19-8-6-15-48(56)53-34-40(25-29-58(53)61)41-26-30-59-54(35-41)49-16-7-9-20-57(49)62(59)45-27-23-37-21-22-38(31-43(37)32-45)39-24-28-47-51-18-10-17-50-46-14-5-4-11-42(46)36-55(60(50)51)52(47)33-39/h2*1-36H. The number of fused-ring (bicyclic) bond motifs is 24. The third-order valence-corrected chi connectivity index (χ3v) is 27.2. The highest BCUT2D eigenvalue weighted by Gasteiger charge is 2.27. The Bertz CT molecular complexity index is 9120. The summed E-state index contributed by atoms with van der Waals surface area (Å²) in [7, 11) is 0. The number of benzene rings is 22. The Morgan fingerprint density at radius 2 is 0.403 bits per heavy atom. The molecule has 0 saturated carbocycles. The van der Waals surface area contributed by atoms with Crippen LogP contribution >= 0.6 is 0 Å². The van der Waals surface area contributed by atoms with Crippen molar-refractivity contribution < 1.29 is 0 Å². The predicted molar refractivity (Wildman–Crippen MR) is 526 cm³/mol. The van der Waals surface area contributed by atoms with E-state index in [1.165, 1.54) is 252 Å². The molecule has 0 aliphatic heterocycles. The number of rotatable bonds is 8. The molecule has 0 fully saturated rings. The summed E-state index contributed by atoms with van der Waals surface area (Å²) in [6.07, 6.45) is 0. The lowest BCUT2D eigenvalue weighted by Crippen LogP contribution is -1.94. The molecule has 22 aromatic carbocycles. The van der Waals surface area contributed by atoms with Gasteiger partial charge in [0, 0.05) is 65.8 Å². The monoisotopic (exact) mass is 1570 g/mol. The van der Waals surface area contributed by atoms with E-state index < -0.39 is 0 Å². The second-order valence-electron chi connectivity index (χ2n) is 33.8. The Morgan fingerprint density at radius 1 is 0.113 bits per heavy atom.